The zero-order chi connectivity index (χ0) is 17.4. The number of nitrogens with zero attached hydrogens (tertiary/aromatic N) is 5. The summed E-state index contributed by atoms with van der Waals surface area (Å²) < 4.78 is 0. The molecule has 0 aliphatic carbocycles. The number of piperazine rings is 1. The topological polar surface area (TPSA) is 86.0 Å². The summed E-state index contributed by atoms with van der Waals surface area (Å²) in [5.41, 5.74) is 3.52. The summed E-state index contributed by atoms with van der Waals surface area (Å²) in [5, 5.41) is 8.64. The molecule has 2 atom stereocenters. The van der Waals surface area contributed by atoms with Gasteiger partial charge in [0.1, 0.15) is 0 Å². The molecule has 3 heterocycles. The highest BCUT2D eigenvalue weighted by Gasteiger charge is 2.44. The summed E-state index contributed by atoms with van der Waals surface area (Å²) in [5.74, 6) is -0.0306. The monoisotopic (exact) mass is 336 g/mol. The number of nitrogens with one attached hydrogen (secondary N) is 1. The van der Waals surface area contributed by atoms with E-state index in [9.17, 15) is 4.79 Å². The van der Waals surface area contributed by atoms with Crippen molar-refractivity contribution in [2.75, 3.05) is 22.9 Å². The first-order valence-corrected chi connectivity index (χ1v) is 7.97. The molecule has 2 bridgehead atoms. The van der Waals surface area contributed by atoms with Crippen LogP contribution < -0.4 is 15.3 Å². The minimum atomic E-state index is -0.625. The summed E-state index contributed by atoms with van der Waals surface area (Å²) in [6, 6.07) is 8.36. The van der Waals surface area contributed by atoms with Gasteiger partial charge in [-0.1, -0.05) is 12.1 Å². The van der Waals surface area contributed by atoms with Crippen molar-refractivity contribution in [1.82, 2.24) is 15.4 Å². The van der Waals surface area contributed by atoms with Gasteiger partial charge in [0.25, 0.3) is 5.91 Å². The van der Waals surface area contributed by atoms with E-state index >= 15 is 0 Å². The number of hydroxylamine groups is 1. The first-order valence-electron chi connectivity index (χ1n) is 7.97. The van der Waals surface area contributed by atoms with Crippen molar-refractivity contribution in [3.8, 4) is 0 Å². The van der Waals surface area contributed by atoms with Crippen LogP contribution >= 0.6 is 0 Å². The normalized spacial score (nSPS) is 21.3. The molecule has 2 aromatic rings. The quantitative estimate of drug-likeness (QED) is 0.503. The van der Waals surface area contributed by atoms with Crippen LogP contribution in [0.25, 0.3) is 4.85 Å². The van der Waals surface area contributed by atoms with Crippen LogP contribution in [0.2, 0.25) is 0 Å². The van der Waals surface area contributed by atoms with Gasteiger partial charge in [0, 0.05) is 37.2 Å². The lowest BCUT2D eigenvalue weighted by Gasteiger charge is -2.35. The molecule has 25 heavy (non-hydrogen) atoms. The molecule has 1 aromatic heterocycles. The third-order valence-electron chi connectivity index (χ3n) is 4.79. The van der Waals surface area contributed by atoms with Gasteiger partial charge in [0.05, 0.1) is 18.2 Å². The van der Waals surface area contributed by atoms with E-state index in [4.69, 9.17) is 11.8 Å². The van der Waals surface area contributed by atoms with Gasteiger partial charge in [0.15, 0.2) is 5.69 Å². The van der Waals surface area contributed by atoms with Gasteiger partial charge in [0.2, 0.25) is 5.95 Å². The Hall–Kier alpha value is -3.18. The molecular weight excluding hydrogens is 320 g/mol. The SMILES string of the molecule is [C-]#[N+]c1cccc(N2C[C@H]3C[C@@H]2CN3c2ncc(C(=O)NO)cn2)c1. The largest absolute Gasteiger partial charge is 0.366 e. The molecule has 0 spiro atoms. The molecular formula is C17H16N6O2. The lowest BCUT2D eigenvalue weighted by atomic mass is 10.2. The summed E-state index contributed by atoms with van der Waals surface area (Å²) in [6.45, 7) is 8.82. The molecule has 4 rings (SSSR count). The maximum absolute atomic E-state index is 11.3. The molecule has 0 radical (unpaired) electrons. The smallest absolute Gasteiger partial charge is 0.277 e. The second kappa shape index (κ2) is 6.03. The highest BCUT2D eigenvalue weighted by Crippen LogP contribution is 2.37. The number of aromatic nitrogens is 2. The first-order chi connectivity index (χ1) is 12.2. The predicted octanol–water partition coefficient (Wildman–Crippen LogP) is 1.61. The van der Waals surface area contributed by atoms with Crippen molar-refractivity contribution in [2.24, 2.45) is 0 Å². The van der Waals surface area contributed by atoms with Gasteiger partial charge in [-0.25, -0.2) is 20.3 Å². The second-order valence-corrected chi connectivity index (χ2v) is 6.19. The average molecular weight is 336 g/mol. The van der Waals surface area contributed by atoms with E-state index in [1.165, 1.54) is 12.4 Å². The fourth-order valence-electron chi connectivity index (χ4n) is 3.62. The Balaban J connectivity index is 1.49. The standard InChI is InChI=1S/C17H16N6O2/c1-18-12-3-2-4-13(5-12)22-9-15-6-14(22)10-23(15)17-19-7-11(8-20-17)16(24)21-25/h2-5,7-8,14-15,25H,6,9-10H2,(H,21,24)/t14-,15-/m1/s1. The minimum absolute atomic E-state index is 0.216. The van der Waals surface area contributed by atoms with Crippen LogP contribution in [0.1, 0.15) is 16.8 Å². The van der Waals surface area contributed by atoms with Gasteiger partial charge in [-0.3, -0.25) is 10.0 Å². The van der Waals surface area contributed by atoms with Crippen LogP contribution in [0.5, 0.6) is 0 Å². The third kappa shape index (κ3) is 2.64. The number of hydrogen-bond acceptors (Lipinski definition) is 6. The van der Waals surface area contributed by atoms with Gasteiger partial charge in [-0.05, 0) is 18.6 Å². The second-order valence-electron chi connectivity index (χ2n) is 6.19. The Labute approximate surface area is 144 Å². The summed E-state index contributed by atoms with van der Waals surface area (Å²) in [6.07, 6.45) is 3.85. The minimum Gasteiger partial charge on any atom is -0.366 e. The summed E-state index contributed by atoms with van der Waals surface area (Å²) in [7, 11) is 0. The fourth-order valence-corrected chi connectivity index (χ4v) is 3.62. The van der Waals surface area contributed by atoms with Gasteiger partial charge in [-0.15, -0.1) is 0 Å². The van der Waals surface area contributed by atoms with Crippen LogP contribution in [0.15, 0.2) is 36.7 Å². The Morgan fingerprint density at radius 2 is 1.96 bits per heavy atom. The average Bonchev–Trinajstić information content (AvgIpc) is 3.28. The van der Waals surface area contributed by atoms with E-state index in [1.807, 2.05) is 24.3 Å². The molecule has 126 valence electrons. The van der Waals surface area contributed by atoms with Crippen molar-refractivity contribution >= 4 is 23.2 Å². The fraction of sp³-hybridized carbons (Fsp3) is 0.294. The summed E-state index contributed by atoms with van der Waals surface area (Å²) >= 11 is 0. The van der Waals surface area contributed by atoms with E-state index in [1.54, 1.807) is 5.48 Å². The molecule has 2 aliphatic heterocycles. The Morgan fingerprint density at radius 1 is 1.24 bits per heavy atom. The van der Waals surface area contributed by atoms with Crippen LogP contribution in [-0.4, -0.2) is 46.3 Å². The molecule has 2 saturated heterocycles. The van der Waals surface area contributed by atoms with Crippen LogP contribution in [0.4, 0.5) is 17.3 Å². The number of rotatable bonds is 3. The number of anilines is 2. The van der Waals surface area contributed by atoms with Crippen LogP contribution in [-0.2, 0) is 0 Å². The molecule has 0 unspecified atom stereocenters. The number of hydrogen-bond donors (Lipinski definition) is 2. The van der Waals surface area contributed by atoms with Crippen LogP contribution in [0.3, 0.4) is 0 Å². The van der Waals surface area contributed by atoms with Gasteiger partial charge in [-0.2, -0.15) is 0 Å². The molecule has 1 aromatic carbocycles. The van der Waals surface area contributed by atoms with Crippen molar-refractivity contribution in [1.29, 1.82) is 0 Å². The number of carbonyl (C=O) groups is 1. The molecule has 2 fully saturated rings. The lowest BCUT2D eigenvalue weighted by Crippen LogP contribution is -2.47. The highest BCUT2D eigenvalue weighted by atomic mass is 16.5. The Kier molecular flexibility index (Phi) is 3.71. The third-order valence-corrected chi connectivity index (χ3v) is 4.79. The van der Waals surface area contributed by atoms with Crippen molar-refractivity contribution in [3.63, 3.8) is 0 Å². The maximum atomic E-state index is 11.3. The first kappa shape index (κ1) is 15.4. The molecule has 0 saturated carbocycles. The Morgan fingerprint density at radius 3 is 2.60 bits per heavy atom. The number of amides is 1. The molecule has 1 amide bonds. The van der Waals surface area contributed by atoms with Gasteiger partial charge < -0.3 is 9.80 Å². The van der Waals surface area contributed by atoms with Crippen LogP contribution in [0, 0.1) is 6.57 Å². The van der Waals surface area contributed by atoms with E-state index < -0.39 is 5.91 Å². The van der Waals surface area contributed by atoms with Crippen molar-refractivity contribution in [3.05, 3.63) is 53.6 Å². The number of carbonyl (C=O) groups excluding carboxylic acids is 1. The molecule has 8 nitrogen and oxygen atoms in total. The van der Waals surface area contributed by atoms with Gasteiger partial charge >= 0.3 is 0 Å². The molecule has 8 heteroatoms. The van der Waals surface area contributed by atoms with Crippen molar-refractivity contribution < 1.29 is 10.0 Å². The highest BCUT2D eigenvalue weighted by molar-refractivity contribution is 5.92. The summed E-state index contributed by atoms with van der Waals surface area (Å²) in [4.78, 5) is 27.8. The molecule has 2 N–H and O–H groups in total. The van der Waals surface area contributed by atoms with E-state index in [0.29, 0.717) is 23.7 Å². The maximum Gasteiger partial charge on any atom is 0.277 e. The van der Waals surface area contributed by atoms with E-state index in [-0.39, 0.29) is 5.56 Å². The zero-order valence-electron chi connectivity index (χ0n) is 13.3. The Bertz CT molecular complexity index is 847. The van der Waals surface area contributed by atoms with E-state index in [0.717, 1.165) is 25.2 Å². The predicted molar refractivity (Wildman–Crippen MR) is 90.9 cm³/mol. The lowest BCUT2D eigenvalue weighted by molar-refractivity contribution is 0.0705. The van der Waals surface area contributed by atoms with E-state index in [2.05, 4.69) is 24.6 Å². The zero-order valence-corrected chi connectivity index (χ0v) is 13.3. The molecule has 2 aliphatic rings. The number of fused-ring (bicyclic) bond motifs is 2. The number of benzene rings is 1. The van der Waals surface area contributed by atoms with Crippen molar-refractivity contribution in [2.45, 2.75) is 18.5 Å².